The van der Waals surface area contributed by atoms with Gasteiger partial charge in [-0.2, -0.15) is 0 Å². The molecule has 1 N–H and O–H groups in total. The highest BCUT2D eigenvalue weighted by atomic mass is 16.3. The van der Waals surface area contributed by atoms with Crippen LogP contribution in [-0.4, -0.2) is 5.11 Å². The Hall–Kier alpha value is -1.60. The summed E-state index contributed by atoms with van der Waals surface area (Å²) in [5.74, 6) is 0. The molecular weight excluding hydrogens is 232 g/mol. The molecule has 100 valence electrons. The Labute approximate surface area is 115 Å². The maximum atomic E-state index is 10.7. The van der Waals surface area contributed by atoms with Gasteiger partial charge in [-0.3, -0.25) is 0 Å². The van der Waals surface area contributed by atoms with Crippen LogP contribution in [-0.2, 0) is 12.0 Å². The van der Waals surface area contributed by atoms with Gasteiger partial charge in [0.2, 0.25) is 0 Å². The average Bonchev–Trinajstić information content (AvgIpc) is 2.27. The molecular formula is C18H22O. The van der Waals surface area contributed by atoms with E-state index in [2.05, 4.69) is 39.0 Å². The largest absolute Gasteiger partial charge is 0.385 e. The summed E-state index contributed by atoms with van der Waals surface area (Å²) < 4.78 is 0. The quantitative estimate of drug-likeness (QED) is 0.875. The van der Waals surface area contributed by atoms with Crippen LogP contribution in [0.25, 0.3) is 0 Å². The predicted octanol–water partition coefficient (Wildman–Crippen LogP) is 4.06. The van der Waals surface area contributed by atoms with E-state index < -0.39 is 5.60 Å². The monoisotopic (exact) mass is 254 g/mol. The zero-order valence-electron chi connectivity index (χ0n) is 12.2. The molecule has 2 aromatic carbocycles. The number of hydrogen-bond donors (Lipinski definition) is 1. The molecule has 0 saturated heterocycles. The Kier molecular flexibility index (Phi) is 3.77. The molecule has 2 rings (SSSR count). The van der Waals surface area contributed by atoms with Gasteiger partial charge in [0.25, 0.3) is 0 Å². The fraction of sp³-hybridized carbons (Fsp3) is 0.333. The Morgan fingerprint density at radius 1 is 0.842 bits per heavy atom. The smallest absolute Gasteiger partial charge is 0.0908 e. The number of aryl methyl sites for hydroxylation is 3. The van der Waals surface area contributed by atoms with Crippen LogP contribution in [0.3, 0.4) is 0 Å². The molecule has 2 aromatic rings. The van der Waals surface area contributed by atoms with Gasteiger partial charge in [0, 0.05) is 6.42 Å². The number of benzene rings is 2. The van der Waals surface area contributed by atoms with Crippen molar-refractivity contribution in [3.63, 3.8) is 0 Å². The summed E-state index contributed by atoms with van der Waals surface area (Å²) >= 11 is 0. The van der Waals surface area contributed by atoms with Crippen LogP contribution in [0.5, 0.6) is 0 Å². The van der Waals surface area contributed by atoms with Crippen LogP contribution in [0.15, 0.2) is 42.5 Å². The summed E-state index contributed by atoms with van der Waals surface area (Å²) in [6, 6.07) is 14.6. The van der Waals surface area contributed by atoms with E-state index in [9.17, 15) is 5.11 Å². The number of rotatable bonds is 3. The van der Waals surface area contributed by atoms with Crippen molar-refractivity contribution in [3.05, 3.63) is 70.3 Å². The molecule has 0 amide bonds. The summed E-state index contributed by atoms with van der Waals surface area (Å²) in [7, 11) is 0. The summed E-state index contributed by atoms with van der Waals surface area (Å²) in [6.07, 6.45) is 0.637. The Bertz CT molecular complexity index is 544. The minimum Gasteiger partial charge on any atom is -0.385 e. The van der Waals surface area contributed by atoms with E-state index in [0.717, 1.165) is 5.56 Å². The van der Waals surface area contributed by atoms with Crippen molar-refractivity contribution in [2.45, 2.75) is 39.7 Å². The molecule has 0 aromatic heterocycles. The maximum Gasteiger partial charge on any atom is 0.0908 e. The molecule has 0 radical (unpaired) electrons. The lowest BCUT2D eigenvalue weighted by molar-refractivity contribution is 0.0576. The van der Waals surface area contributed by atoms with Crippen molar-refractivity contribution in [1.29, 1.82) is 0 Å². The molecule has 1 heteroatoms. The van der Waals surface area contributed by atoms with Crippen molar-refractivity contribution in [2.24, 2.45) is 0 Å². The third kappa shape index (κ3) is 3.45. The van der Waals surface area contributed by atoms with Gasteiger partial charge >= 0.3 is 0 Å². The van der Waals surface area contributed by atoms with Gasteiger partial charge in [0.05, 0.1) is 5.60 Å². The predicted molar refractivity (Wildman–Crippen MR) is 80.4 cm³/mol. The lowest BCUT2D eigenvalue weighted by Gasteiger charge is -2.24. The van der Waals surface area contributed by atoms with Crippen molar-refractivity contribution < 1.29 is 5.11 Å². The van der Waals surface area contributed by atoms with Crippen LogP contribution in [0, 0.1) is 20.8 Å². The van der Waals surface area contributed by atoms with Crippen LogP contribution in [0.4, 0.5) is 0 Å². The van der Waals surface area contributed by atoms with Crippen LogP contribution in [0.1, 0.15) is 34.7 Å². The molecule has 1 nitrogen and oxygen atoms in total. The molecule has 0 spiro atoms. The fourth-order valence-electron chi connectivity index (χ4n) is 2.58. The van der Waals surface area contributed by atoms with Gasteiger partial charge in [0.1, 0.15) is 0 Å². The van der Waals surface area contributed by atoms with Crippen molar-refractivity contribution in [2.75, 3.05) is 0 Å². The molecule has 0 fully saturated rings. The summed E-state index contributed by atoms with van der Waals surface area (Å²) in [4.78, 5) is 0. The van der Waals surface area contributed by atoms with Crippen molar-refractivity contribution >= 4 is 0 Å². The average molecular weight is 254 g/mol. The Morgan fingerprint density at radius 3 is 1.89 bits per heavy atom. The zero-order valence-corrected chi connectivity index (χ0v) is 12.2. The Morgan fingerprint density at radius 2 is 1.37 bits per heavy atom. The van der Waals surface area contributed by atoms with E-state index in [1.807, 2.05) is 31.2 Å². The van der Waals surface area contributed by atoms with E-state index >= 15 is 0 Å². The van der Waals surface area contributed by atoms with Crippen molar-refractivity contribution in [3.8, 4) is 0 Å². The third-order valence-electron chi connectivity index (χ3n) is 3.50. The third-order valence-corrected chi connectivity index (χ3v) is 3.50. The first-order valence-electron chi connectivity index (χ1n) is 6.73. The first-order chi connectivity index (χ1) is 8.87. The second-order valence-corrected chi connectivity index (χ2v) is 5.81. The topological polar surface area (TPSA) is 20.2 Å². The molecule has 0 bridgehead atoms. The van der Waals surface area contributed by atoms with Gasteiger partial charge in [-0.1, -0.05) is 59.2 Å². The van der Waals surface area contributed by atoms with Gasteiger partial charge in [-0.25, -0.2) is 0 Å². The van der Waals surface area contributed by atoms with E-state index in [-0.39, 0.29) is 0 Å². The van der Waals surface area contributed by atoms with Gasteiger partial charge in [0.15, 0.2) is 0 Å². The number of hydrogen-bond acceptors (Lipinski definition) is 1. The van der Waals surface area contributed by atoms with E-state index in [0.29, 0.717) is 6.42 Å². The lowest BCUT2D eigenvalue weighted by atomic mass is 9.88. The van der Waals surface area contributed by atoms with Crippen molar-refractivity contribution in [1.82, 2.24) is 0 Å². The van der Waals surface area contributed by atoms with E-state index in [1.165, 1.54) is 22.3 Å². The number of aliphatic hydroxyl groups is 1. The van der Waals surface area contributed by atoms with Gasteiger partial charge < -0.3 is 5.11 Å². The maximum absolute atomic E-state index is 10.7. The Balaban J connectivity index is 2.27. The van der Waals surface area contributed by atoms with Gasteiger partial charge in [-0.05, 0) is 38.8 Å². The molecule has 19 heavy (non-hydrogen) atoms. The molecule has 0 aliphatic carbocycles. The van der Waals surface area contributed by atoms with E-state index in [4.69, 9.17) is 0 Å². The van der Waals surface area contributed by atoms with Crippen LogP contribution < -0.4 is 0 Å². The molecule has 1 unspecified atom stereocenters. The molecule has 0 heterocycles. The van der Waals surface area contributed by atoms with E-state index in [1.54, 1.807) is 0 Å². The summed E-state index contributed by atoms with van der Waals surface area (Å²) in [6.45, 7) is 8.13. The summed E-state index contributed by atoms with van der Waals surface area (Å²) in [5.41, 5.74) is 5.03. The fourth-order valence-corrected chi connectivity index (χ4v) is 2.58. The standard InChI is InChI=1S/C18H22O/c1-13-5-7-17(8-6-13)18(4,19)12-16-10-14(2)9-15(3)11-16/h5-11,19H,12H2,1-4H3. The van der Waals surface area contributed by atoms with Gasteiger partial charge in [-0.15, -0.1) is 0 Å². The highest BCUT2D eigenvalue weighted by Crippen LogP contribution is 2.26. The van der Waals surface area contributed by atoms with Crippen LogP contribution >= 0.6 is 0 Å². The molecule has 1 atom stereocenters. The second kappa shape index (κ2) is 5.18. The first-order valence-corrected chi connectivity index (χ1v) is 6.73. The SMILES string of the molecule is Cc1ccc(C(C)(O)Cc2cc(C)cc(C)c2)cc1. The molecule has 0 aliphatic rings. The molecule has 0 saturated carbocycles. The highest BCUT2D eigenvalue weighted by Gasteiger charge is 2.23. The first kappa shape index (κ1) is 13.8. The minimum absolute atomic E-state index is 0.637. The summed E-state index contributed by atoms with van der Waals surface area (Å²) in [5, 5.41) is 10.7. The minimum atomic E-state index is -0.825. The zero-order chi connectivity index (χ0) is 14.0. The van der Waals surface area contributed by atoms with Crippen LogP contribution in [0.2, 0.25) is 0 Å². The second-order valence-electron chi connectivity index (χ2n) is 5.81. The highest BCUT2D eigenvalue weighted by molar-refractivity contribution is 5.32. The normalized spacial score (nSPS) is 14.2. The molecule has 0 aliphatic heterocycles. The lowest BCUT2D eigenvalue weighted by Crippen LogP contribution is -2.24.